The lowest BCUT2D eigenvalue weighted by Gasteiger charge is -2.26. The molecular weight excluding hydrogens is 410 g/mol. The lowest BCUT2D eigenvalue weighted by Crippen LogP contribution is -2.42. The molecule has 0 atom stereocenters. The summed E-state index contributed by atoms with van der Waals surface area (Å²) in [5, 5.41) is 3.97. The number of hydrogen-bond donors (Lipinski definition) is 2. The number of hydrogen-bond acceptors (Lipinski definition) is 5. The van der Waals surface area contributed by atoms with Crippen molar-refractivity contribution in [2.24, 2.45) is 5.73 Å². The topological polar surface area (TPSA) is 84.7 Å². The number of anilines is 1. The number of halogens is 1. The number of fused-ring (bicyclic) bond motifs is 1. The van der Waals surface area contributed by atoms with Crippen molar-refractivity contribution >= 4 is 39.8 Å². The number of ether oxygens (including phenoxy) is 1. The van der Waals surface area contributed by atoms with Crippen molar-refractivity contribution in [3.8, 4) is 5.75 Å². The minimum absolute atomic E-state index is 0.348. The van der Waals surface area contributed by atoms with Gasteiger partial charge in [0.05, 0.1) is 5.56 Å². The van der Waals surface area contributed by atoms with E-state index in [1.165, 1.54) is 11.3 Å². The van der Waals surface area contributed by atoms with Gasteiger partial charge in [0.1, 0.15) is 10.8 Å². The number of carbonyl (C=O) groups is 2. The number of nitrogens with two attached hydrogens (primary N) is 1. The number of thiophene rings is 1. The number of primary amides is 1. The van der Waals surface area contributed by atoms with E-state index in [-0.39, 0.29) is 5.91 Å². The van der Waals surface area contributed by atoms with E-state index >= 15 is 0 Å². The van der Waals surface area contributed by atoms with E-state index in [2.05, 4.69) is 17.1 Å². The summed E-state index contributed by atoms with van der Waals surface area (Å²) in [4.78, 5) is 28.5. The van der Waals surface area contributed by atoms with Gasteiger partial charge >= 0.3 is 0 Å². The van der Waals surface area contributed by atoms with Gasteiger partial charge in [-0.3, -0.25) is 14.5 Å². The first-order valence-electron chi connectivity index (χ1n) is 9.64. The van der Waals surface area contributed by atoms with Crippen LogP contribution in [0.5, 0.6) is 5.75 Å². The minimum Gasteiger partial charge on any atom is -0.478 e. The van der Waals surface area contributed by atoms with Gasteiger partial charge in [0.15, 0.2) is 5.60 Å². The van der Waals surface area contributed by atoms with Crippen LogP contribution in [0.3, 0.4) is 0 Å². The molecule has 1 aromatic heterocycles. The van der Waals surface area contributed by atoms with Gasteiger partial charge < -0.3 is 15.8 Å². The molecule has 0 spiro atoms. The van der Waals surface area contributed by atoms with Crippen molar-refractivity contribution in [3.05, 3.63) is 45.3 Å². The Bertz CT molecular complexity index is 909. The number of benzene rings is 1. The predicted molar refractivity (Wildman–Crippen MR) is 117 cm³/mol. The molecule has 0 bridgehead atoms. The van der Waals surface area contributed by atoms with Gasteiger partial charge in [0.25, 0.3) is 11.8 Å². The summed E-state index contributed by atoms with van der Waals surface area (Å²) in [6, 6.07) is 6.81. The molecular formula is C21H26ClN3O3S. The maximum Gasteiger partial charge on any atom is 0.268 e. The number of nitrogens with zero attached hydrogens (tertiary/aromatic N) is 1. The average molecular weight is 436 g/mol. The van der Waals surface area contributed by atoms with Crippen LogP contribution in [0.25, 0.3) is 0 Å². The first-order chi connectivity index (χ1) is 13.7. The molecule has 2 amide bonds. The van der Waals surface area contributed by atoms with Crippen molar-refractivity contribution in [1.82, 2.24) is 4.90 Å². The SMILES string of the molecule is CCCN1CCc2c(sc(NC(=O)C(C)(C)Oc3ccc(Cl)cc3)c2C(N)=O)C1. The molecule has 3 rings (SSSR count). The monoisotopic (exact) mass is 435 g/mol. The normalized spacial score (nSPS) is 14.3. The van der Waals surface area contributed by atoms with Crippen molar-refractivity contribution in [2.75, 3.05) is 18.4 Å². The number of amides is 2. The van der Waals surface area contributed by atoms with Gasteiger partial charge in [-0.05, 0) is 63.1 Å². The summed E-state index contributed by atoms with van der Waals surface area (Å²) >= 11 is 7.32. The van der Waals surface area contributed by atoms with Crippen LogP contribution in [-0.4, -0.2) is 35.4 Å². The Morgan fingerprint density at radius 3 is 2.62 bits per heavy atom. The summed E-state index contributed by atoms with van der Waals surface area (Å²) in [6.45, 7) is 8.17. The Morgan fingerprint density at radius 1 is 1.31 bits per heavy atom. The third kappa shape index (κ3) is 4.91. The summed E-state index contributed by atoms with van der Waals surface area (Å²) in [7, 11) is 0. The van der Waals surface area contributed by atoms with E-state index in [0.717, 1.165) is 42.9 Å². The zero-order valence-electron chi connectivity index (χ0n) is 16.9. The Labute approximate surface area is 180 Å². The second-order valence-corrected chi connectivity index (χ2v) is 9.16. The van der Waals surface area contributed by atoms with E-state index in [1.54, 1.807) is 38.1 Å². The fourth-order valence-electron chi connectivity index (χ4n) is 3.41. The van der Waals surface area contributed by atoms with Gasteiger partial charge in [-0.15, -0.1) is 11.3 Å². The van der Waals surface area contributed by atoms with Gasteiger partial charge in [-0.2, -0.15) is 0 Å². The molecule has 156 valence electrons. The molecule has 2 aromatic rings. The molecule has 29 heavy (non-hydrogen) atoms. The lowest BCUT2D eigenvalue weighted by molar-refractivity contribution is -0.128. The Kier molecular flexibility index (Phi) is 6.51. The molecule has 1 aromatic carbocycles. The number of carbonyl (C=O) groups excluding carboxylic acids is 2. The van der Waals surface area contributed by atoms with Gasteiger partial charge in [0.2, 0.25) is 0 Å². The van der Waals surface area contributed by atoms with E-state index in [1.807, 2.05) is 0 Å². The predicted octanol–water partition coefficient (Wildman–Crippen LogP) is 4.06. The fourth-order valence-corrected chi connectivity index (χ4v) is 4.83. The van der Waals surface area contributed by atoms with Crippen LogP contribution in [0.1, 0.15) is 48.0 Å². The maximum absolute atomic E-state index is 12.9. The molecule has 0 aliphatic carbocycles. The molecule has 1 aliphatic rings. The van der Waals surface area contributed by atoms with Crippen LogP contribution >= 0.6 is 22.9 Å². The average Bonchev–Trinajstić information content (AvgIpc) is 3.01. The largest absolute Gasteiger partial charge is 0.478 e. The van der Waals surface area contributed by atoms with Crippen LogP contribution in [0.4, 0.5) is 5.00 Å². The second kappa shape index (κ2) is 8.73. The highest BCUT2D eigenvalue weighted by atomic mass is 35.5. The van der Waals surface area contributed by atoms with Crippen molar-refractivity contribution < 1.29 is 14.3 Å². The highest BCUT2D eigenvalue weighted by molar-refractivity contribution is 7.17. The molecule has 0 fully saturated rings. The van der Waals surface area contributed by atoms with Crippen LogP contribution in [-0.2, 0) is 17.8 Å². The van der Waals surface area contributed by atoms with Crippen molar-refractivity contribution in [3.63, 3.8) is 0 Å². The highest BCUT2D eigenvalue weighted by Crippen LogP contribution is 2.37. The molecule has 2 heterocycles. The quantitative estimate of drug-likeness (QED) is 0.686. The molecule has 6 nitrogen and oxygen atoms in total. The number of nitrogens with one attached hydrogen (secondary N) is 1. The molecule has 3 N–H and O–H groups in total. The van der Waals surface area contributed by atoms with E-state index in [9.17, 15) is 9.59 Å². The summed E-state index contributed by atoms with van der Waals surface area (Å²) in [6.07, 6.45) is 1.83. The summed E-state index contributed by atoms with van der Waals surface area (Å²) < 4.78 is 5.85. The van der Waals surface area contributed by atoms with Gasteiger partial charge in [0, 0.05) is 23.0 Å². The van der Waals surface area contributed by atoms with E-state index in [4.69, 9.17) is 22.1 Å². The molecule has 1 aliphatic heterocycles. The van der Waals surface area contributed by atoms with E-state index < -0.39 is 11.5 Å². The molecule has 0 unspecified atom stereocenters. The highest BCUT2D eigenvalue weighted by Gasteiger charge is 2.33. The number of rotatable bonds is 7. The third-order valence-corrected chi connectivity index (χ3v) is 6.27. The molecule has 0 radical (unpaired) electrons. The van der Waals surface area contributed by atoms with Crippen LogP contribution in [0, 0.1) is 0 Å². The molecule has 0 saturated carbocycles. The summed E-state index contributed by atoms with van der Waals surface area (Å²) in [5.74, 6) is -0.331. The van der Waals surface area contributed by atoms with Crippen molar-refractivity contribution in [1.29, 1.82) is 0 Å². The third-order valence-electron chi connectivity index (χ3n) is 4.88. The lowest BCUT2D eigenvalue weighted by atomic mass is 10.0. The minimum atomic E-state index is -1.15. The smallest absolute Gasteiger partial charge is 0.268 e. The molecule has 0 saturated heterocycles. The summed E-state index contributed by atoms with van der Waals surface area (Å²) in [5.41, 5.74) is 5.89. The second-order valence-electron chi connectivity index (χ2n) is 7.62. The van der Waals surface area contributed by atoms with Gasteiger partial charge in [-0.25, -0.2) is 0 Å². The Morgan fingerprint density at radius 2 is 2.00 bits per heavy atom. The maximum atomic E-state index is 12.9. The fraction of sp³-hybridized carbons (Fsp3) is 0.429. The Balaban J connectivity index is 1.80. The zero-order chi connectivity index (χ0) is 21.2. The first-order valence-corrected chi connectivity index (χ1v) is 10.8. The Hall–Kier alpha value is -2.09. The van der Waals surface area contributed by atoms with Crippen LogP contribution < -0.4 is 15.8 Å². The van der Waals surface area contributed by atoms with Gasteiger partial charge in [-0.1, -0.05) is 18.5 Å². The van der Waals surface area contributed by atoms with E-state index in [0.29, 0.717) is 21.3 Å². The van der Waals surface area contributed by atoms with Crippen molar-refractivity contribution in [2.45, 2.75) is 45.8 Å². The molecule has 8 heteroatoms. The zero-order valence-corrected chi connectivity index (χ0v) is 18.5. The van der Waals surface area contributed by atoms with Crippen LogP contribution in [0.15, 0.2) is 24.3 Å². The first kappa shape index (κ1) is 21.6. The van der Waals surface area contributed by atoms with Crippen LogP contribution in [0.2, 0.25) is 5.02 Å². The standard InChI is InChI=1S/C21H26ClN3O3S/c1-4-10-25-11-9-15-16(12-25)29-19(17(15)18(23)26)24-20(27)21(2,3)28-14-7-5-13(22)6-8-14/h5-8H,4,9-12H2,1-3H3,(H2,23,26)(H,24,27).